The van der Waals surface area contributed by atoms with Crippen molar-refractivity contribution in [1.82, 2.24) is 20.0 Å². The van der Waals surface area contributed by atoms with E-state index in [0.717, 1.165) is 43.1 Å². The minimum absolute atomic E-state index is 0.0474. The molecule has 1 amide bonds. The molecule has 0 saturated carbocycles. The van der Waals surface area contributed by atoms with Crippen molar-refractivity contribution in [3.63, 3.8) is 0 Å². The second kappa shape index (κ2) is 6.42. The fourth-order valence-electron chi connectivity index (χ4n) is 2.86. The number of aromatic nitrogens is 2. The Kier molecular flexibility index (Phi) is 4.34. The standard InChI is InChI=1S/C17H22N4O2/c1-20(2)17(22)16-14-11-21(9-8-15(14)18-19-16)10-12-4-6-13(23-3)7-5-12/h4-7H,8-11H2,1-3H3,(H,18,19). The maximum Gasteiger partial charge on any atom is 0.274 e. The average Bonchev–Trinajstić information content (AvgIpc) is 2.98. The molecule has 23 heavy (non-hydrogen) atoms. The van der Waals surface area contributed by atoms with Gasteiger partial charge in [0.1, 0.15) is 5.75 Å². The number of benzene rings is 1. The molecule has 0 bridgehead atoms. The summed E-state index contributed by atoms with van der Waals surface area (Å²) in [7, 11) is 5.17. The first-order valence-corrected chi connectivity index (χ1v) is 7.71. The molecule has 0 aliphatic carbocycles. The van der Waals surface area contributed by atoms with Gasteiger partial charge in [-0.3, -0.25) is 14.8 Å². The summed E-state index contributed by atoms with van der Waals surface area (Å²) in [5, 5.41) is 7.24. The molecule has 0 radical (unpaired) electrons. The molecule has 1 aliphatic heterocycles. The summed E-state index contributed by atoms with van der Waals surface area (Å²) in [6.45, 7) is 2.55. The van der Waals surface area contributed by atoms with Gasteiger partial charge in [0.05, 0.1) is 7.11 Å². The summed E-state index contributed by atoms with van der Waals surface area (Å²) >= 11 is 0. The summed E-state index contributed by atoms with van der Waals surface area (Å²) in [5.41, 5.74) is 3.90. The second-order valence-corrected chi connectivity index (χ2v) is 6.04. The Morgan fingerprint density at radius 2 is 2.09 bits per heavy atom. The Labute approximate surface area is 136 Å². The highest BCUT2D eigenvalue weighted by atomic mass is 16.5. The molecule has 2 aromatic rings. The van der Waals surface area contributed by atoms with E-state index in [1.54, 1.807) is 26.1 Å². The third-order valence-electron chi connectivity index (χ3n) is 4.19. The van der Waals surface area contributed by atoms with Crippen LogP contribution in [0.25, 0.3) is 0 Å². The van der Waals surface area contributed by atoms with Gasteiger partial charge in [-0.05, 0) is 17.7 Å². The molecule has 1 aromatic heterocycles. The number of carbonyl (C=O) groups is 1. The maximum absolute atomic E-state index is 12.2. The lowest BCUT2D eigenvalue weighted by Gasteiger charge is -2.27. The van der Waals surface area contributed by atoms with Crippen LogP contribution in [-0.2, 0) is 19.5 Å². The van der Waals surface area contributed by atoms with Crippen LogP contribution < -0.4 is 4.74 Å². The highest BCUT2D eigenvalue weighted by Crippen LogP contribution is 2.23. The molecule has 122 valence electrons. The Bertz CT molecular complexity index is 691. The van der Waals surface area contributed by atoms with Crippen LogP contribution in [0.5, 0.6) is 5.75 Å². The zero-order valence-corrected chi connectivity index (χ0v) is 13.8. The highest BCUT2D eigenvalue weighted by molar-refractivity contribution is 5.93. The van der Waals surface area contributed by atoms with Gasteiger partial charge in [-0.25, -0.2) is 0 Å². The molecule has 1 aromatic carbocycles. The number of ether oxygens (including phenoxy) is 1. The molecule has 0 saturated heterocycles. The summed E-state index contributed by atoms with van der Waals surface area (Å²) in [5.74, 6) is 0.817. The second-order valence-electron chi connectivity index (χ2n) is 6.04. The van der Waals surface area contributed by atoms with E-state index < -0.39 is 0 Å². The Morgan fingerprint density at radius 3 is 2.74 bits per heavy atom. The molecule has 0 spiro atoms. The van der Waals surface area contributed by atoms with Gasteiger partial charge in [-0.1, -0.05) is 12.1 Å². The van der Waals surface area contributed by atoms with Crippen LogP contribution in [0.3, 0.4) is 0 Å². The third kappa shape index (κ3) is 3.22. The number of methoxy groups -OCH3 is 1. The van der Waals surface area contributed by atoms with Gasteiger partial charge >= 0.3 is 0 Å². The Morgan fingerprint density at radius 1 is 1.35 bits per heavy atom. The van der Waals surface area contributed by atoms with Crippen molar-refractivity contribution in [2.75, 3.05) is 27.7 Å². The number of amides is 1. The summed E-state index contributed by atoms with van der Waals surface area (Å²) in [6, 6.07) is 8.11. The van der Waals surface area contributed by atoms with Gasteiger partial charge < -0.3 is 9.64 Å². The fraction of sp³-hybridized carbons (Fsp3) is 0.412. The number of rotatable bonds is 4. The summed E-state index contributed by atoms with van der Waals surface area (Å²) in [4.78, 5) is 16.1. The van der Waals surface area contributed by atoms with Crippen LogP contribution in [-0.4, -0.2) is 53.7 Å². The van der Waals surface area contributed by atoms with E-state index in [4.69, 9.17) is 4.74 Å². The molecule has 6 heteroatoms. The quantitative estimate of drug-likeness (QED) is 0.933. The lowest BCUT2D eigenvalue weighted by Crippen LogP contribution is -2.31. The van der Waals surface area contributed by atoms with Crippen LogP contribution >= 0.6 is 0 Å². The number of nitrogens with one attached hydrogen (secondary N) is 1. The first-order valence-electron chi connectivity index (χ1n) is 7.71. The maximum atomic E-state index is 12.2. The number of H-pyrrole nitrogens is 1. The topological polar surface area (TPSA) is 61.5 Å². The predicted octanol–water partition coefficient (Wildman–Crippen LogP) is 1.68. The average molecular weight is 314 g/mol. The van der Waals surface area contributed by atoms with Gasteiger partial charge in [0, 0.05) is 51.4 Å². The van der Waals surface area contributed by atoms with E-state index in [9.17, 15) is 4.79 Å². The number of fused-ring (bicyclic) bond motifs is 1. The van der Waals surface area contributed by atoms with Gasteiger partial charge in [0.2, 0.25) is 0 Å². The molecule has 1 N–H and O–H groups in total. The SMILES string of the molecule is COc1ccc(CN2CCc3[nH]nc(C(=O)N(C)C)c3C2)cc1. The first-order chi connectivity index (χ1) is 11.1. The van der Waals surface area contributed by atoms with Gasteiger partial charge in [0.25, 0.3) is 5.91 Å². The Balaban J connectivity index is 1.74. The molecule has 2 heterocycles. The minimum atomic E-state index is -0.0474. The molecule has 3 rings (SSSR count). The van der Waals surface area contributed by atoms with E-state index in [0.29, 0.717) is 5.69 Å². The largest absolute Gasteiger partial charge is 0.497 e. The van der Waals surface area contributed by atoms with Crippen molar-refractivity contribution in [1.29, 1.82) is 0 Å². The van der Waals surface area contributed by atoms with Crippen molar-refractivity contribution in [2.45, 2.75) is 19.5 Å². The van der Waals surface area contributed by atoms with Crippen molar-refractivity contribution in [2.24, 2.45) is 0 Å². The molecule has 0 fully saturated rings. The van der Waals surface area contributed by atoms with Crippen LogP contribution in [0, 0.1) is 0 Å². The van der Waals surface area contributed by atoms with Crippen molar-refractivity contribution >= 4 is 5.91 Å². The fourth-order valence-corrected chi connectivity index (χ4v) is 2.86. The van der Waals surface area contributed by atoms with Crippen molar-refractivity contribution in [3.8, 4) is 5.75 Å². The highest BCUT2D eigenvalue weighted by Gasteiger charge is 2.26. The summed E-state index contributed by atoms with van der Waals surface area (Å²) < 4.78 is 5.19. The zero-order chi connectivity index (χ0) is 16.4. The molecular weight excluding hydrogens is 292 g/mol. The lowest BCUT2D eigenvalue weighted by molar-refractivity contribution is 0.0819. The first kappa shape index (κ1) is 15.6. The lowest BCUT2D eigenvalue weighted by atomic mass is 10.0. The number of hydrogen-bond acceptors (Lipinski definition) is 4. The van der Waals surface area contributed by atoms with Gasteiger partial charge in [-0.15, -0.1) is 0 Å². The number of nitrogens with zero attached hydrogens (tertiary/aromatic N) is 3. The monoisotopic (exact) mass is 314 g/mol. The molecule has 6 nitrogen and oxygen atoms in total. The number of hydrogen-bond donors (Lipinski definition) is 1. The van der Waals surface area contributed by atoms with Crippen LogP contribution in [0.15, 0.2) is 24.3 Å². The van der Waals surface area contributed by atoms with E-state index in [1.165, 1.54) is 5.56 Å². The Hall–Kier alpha value is -2.34. The van der Waals surface area contributed by atoms with Crippen LogP contribution in [0.2, 0.25) is 0 Å². The number of aromatic amines is 1. The molecule has 1 aliphatic rings. The van der Waals surface area contributed by atoms with Crippen molar-refractivity contribution < 1.29 is 9.53 Å². The number of carbonyl (C=O) groups excluding carboxylic acids is 1. The van der Waals surface area contributed by atoms with E-state index >= 15 is 0 Å². The van der Waals surface area contributed by atoms with Gasteiger partial charge in [0.15, 0.2) is 5.69 Å². The van der Waals surface area contributed by atoms with Crippen LogP contribution in [0.1, 0.15) is 27.3 Å². The normalized spacial score (nSPS) is 14.4. The molecular formula is C17H22N4O2. The molecule has 0 atom stereocenters. The zero-order valence-electron chi connectivity index (χ0n) is 13.8. The van der Waals surface area contributed by atoms with E-state index in [2.05, 4.69) is 27.2 Å². The smallest absolute Gasteiger partial charge is 0.274 e. The van der Waals surface area contributed by atoms with Crippen molar-refractivity contribution in [3.05, 3.63) is 46.8 Å². The minimum Gasteiger partial charge on any atom is -0.497 e. The predicted molar refractivity (Wildman–Crippen MR) is 87.4 cm³/mol. The van der Waals surface area contributed by atoms with Crippen LogP contribution in [0.4, 0.5) is 0 Å². The third-order valence-corrected chi connectivity index (χ3v) is 4.19. The summed E-state index contributed by atoms with van der Waals surface area (Å²) in [6.07, 6.45) is 0.888. The van der Waals surface area contributed by atoms with Gasteiger partial charge in [-0.2, -0.15) is 5.10 Å². The van der Waals surface area contributed by atoms with E-state index in [1.807, 2.05) is 12.1 Å². The van der Waals surface area contributed by atoms with E-state index in [-0.39, 0.29) is 5.91 Å². The molecule has 0 unspecified atom stereocenters.